The van der Waals surface area contributed by atoms with Crippen molar-refractivity contribution in [2.24, 2.45) is 0 Å². The second-order valence-corrected chi connectivity index (χ2v) is 9.75. The Kier molecular flexibility index (Phi) is 5.83. The molecule has 0 bridgehead atoms. The Morgan fingerprint density at radius 1 is 0.853 bits per heavy atom. The number of H-pyrrole nitrogens is 1. The Bertz CT molecular complexity index is 1580. The molecule has 8 heteroatoms. The first-order valence-electron chi connectivity index (χ1n) is 10.8. The van der Waals surface area contributed by atoms with Gasteiger partial charge in [0.15, 0.2) is 0 Å². The van der Waals surface area contributed by atoms with Crippen molar-refractivity contribution in [2.75, 3.05) is 5.32 Å². The molecule has 0 radical (unpaired) electrons. The monoisotopic (exact) mass is 470 g/mol. The van der Waals surface area contributed by atoms with Crippen LogP contribution in [0.3, 0.4) is 0 Å². The maximum atomic E-state index is 13.3. The summed E-state index contributed by atoms with van der Waals surface area (Å²) in [7, 11) is -3.96. The zero-order valence-electron chi connectivity index (χ0n) is 18.1. The molecule has 1 atom stereocenters. The van der Waals surface area contributed by atoms with E-state index in [4.69, 9.17) is 0 Å². The van der Waals surface area contributed by atoms with Crippen LogP contribution in [0, 0.1) is 0 Å². The number of rotatable bonds is 7. The first-order chi connectivity index (χ1) is 16.5. The molecular formula is C26H22N4O3S. The zero-order chi connectivity index (χ0) is 23.5. The molecule has 170 valence electrons. The van der Waals surface area contributed by atoms with Crippen molar-refractivity contribution in [3.05, 3.63) is 103 Å². The van der Waals surface area contributed by atoms with E-state index in [1.807, 2.05) is 60.7 Å². The molecule has 5 rings (SSSR count). The Hall–Kier alpha value is -4.01. The van der Waals surface area contributed by atoms with Crippen molar-refractivity contribution in [1.82, 2.24) is 14.9 Å². The lowest BCUT2D eigenvalue weighted by molar-refractivity contribution is -0.117. The van der Waals surface area contributed by atoms with Crippen LogP contribution in [-0.2, 0) is 21.2 Å². The van der Waals surface area contributed by atoms with Crippen LogP contribution in [0.2, 0.25) is 0 Å². The molecular weight excluding hydrogens is 448 g/mol. The minimum absolute atomic E-state index is 0.107. The number of aromatic nitrogens is 2. The summed E-state index contributed by atoms with van der Waals surface area (Å²) in [5.41, 5.74) is 2.16. The lowest BCUT2D eigenvalue weighted by Gasteiger charge is -2.19. The van der Waals surface area contributed by atoms with Crippen molar-refractivity contribution < 1.29 is 13.2 Å². The number of aromatic amines is 1. The Morgan fingerprint density at radius 3 is 2.41 bits per heavy atom. The standard InChI is InChI=1S/C26H22N4O3S/c31-26(28-22-12-10-21-17-27-29-24(21)16-22)25(14-18-6-2-1-3-7-18)30-34(32,33)23-13-11-19-8-4-5-9-20(19)15-23/h1-13,15-17,25,30H,14H2,(H,27,29)(H,28,31). The van der Waals surface area contributed by atoms with Crippen molar-refractivity contribution in [2.45, 2.75) is 17.4 Å². The molecule has 7 nitrogen and oxygen atoms in total. The third-order valence-corrected chi connectivity index (χ3v) is 7.11. The number of carbonyl (C=O) groups excluding carboxylic acids is 1. The topological polar surface area (TPSA) is 104 Å². The summed E-state index contributed by atoms with van der Waals surface area (Å²) < 4.78 is 29.2. The zero-order valence-corrected chi connectivity index (χ0v) is 18.9. The fraction of sp³-hybridized carbons (Fsp3) is 0.0769. The minimum Gasteiger partial charge on any atom is -0.325 e. The van der Waals surface area contributed by atoms with Gasteiger partial charge in [0.2, 0.25) is 15.9 Å². The molecule has 1 amide bonds. The van der Waals surface area contributed by atoms with Crippen molar-refractivity contribution >= 4 is 43.3 Å². The number of nitrogens with one attached hydrogen (secondary N) is 3. The Balaban J connectivity index is 1.43. The molecule has 0 saturated heterocycles. The molecule has 0 aliphatic rings. The van der Waals surface area contributed by atoms with Gasteiger partial charge >= 0.3 is 0 Å². The number of fused-ring (bicyclic) bond motifs is 2. The second-order valence-electron chi connectivity index (χ2n) is 8.03. The van der Waals surface area contributed by atoms with Gasteiger partial charge in [0.05, 0.1) is 16.6 Å². The van der Waals surface area contributed by atoms with Gasteiger partial charge in [0.25, 0.3) is 0 Å². The van der Waals surface area contributed by atoms with Gasteiger partial charge in [-0.15, -0.1) is 0 Å². The number of hydrogen-bond donors (Lipinski definition) is 3. The lowest BCUT2D eigenvalue weighted by atomic mass is 10.1. The van der Waals surface area contributed by atoms with Crippen LogP contribution in [0.5, 0.6) is 0 Å². The predicted molar refractivity (Wildman–Crippen MR) is 133 cm³/mol. The first-order valence-corrected chi connectivity index (χ1v) is 12.3. The van der Waals surface area contributed by atoms with Gasteiger partial charge in [0.1, 0.15) is 6.04 Å². The number of sulfonamides is 1. The number of benzene rings is 4. The molecule has 1 aromatic heterocycles. The number of anilines is 1. The molecule has 0 spiro atoms. The van der Waals surface area contributed by atoms with Crippen LogP contribution >= 0.6 is 0 Å². The minimum atomic E-state index is -3.96. The smallest absolute Gasteiger partial charge is 0.242 e. The summed E-state index contributed by atoms with van der Waals surface area (Å²) in [5.74, 6) is -0.452. The lowest BCUT2D eigenvalue weighted by Crippen LogP contribution is -2.45. The molecule has 0 aliphatic carbocycles. The highest BCUT2D eigenvalue weighted by molar-refractivity contribution is 7.89. The van der Waals surface area contributed by atoms with Crippen LogP contribution in [0.15, 0.2) is 102 Å². The maximum Gasteiger partial charge on any atom is 0.242 e. The van der Waals surface area contributed by atoms with E-state index in [2.05, 4.69) is 20.2 Å². The summed E-state index contributed by atoms with van der Waals surface area (Å²) in [6.45, 7) is 0. The molecule has 5 aromatic rings. The summed E-state index contributed by atoms with van der Waals surface area (Å²) >= 11 is 0. The van der Waals surface area contributed by atoms with Crippen molar-refractivity contribution in [1.29, 1.82) is 0 Å². The van der Waals surface area contributed by atoms with Crippen molar-refractivity contribution in [3.8, 4) is 0 Å². The summed E-state index contributed by atoms with van der Waals surface area (Å²) in [5, 5.41) is 12.3. The predicted octanol–water partition coefficient (Wildman–Crippen LogP) is 4.24. The van der Waals surface area contributed by atoms with Crippen LogP contribution in [0.4, 0.5) is 5.69 Å². The normalized spacial score (nSPS) is 12.6. The van der Waals surface area contributed by atoms with E-state index in [1.165, 1.54) is 0 Å². The van der Waals surface area contributed by atoms with E-state index in [1.54, 1.807) is 36.5 Å². The average molecular weight is 471 g/mol. The Morgan fingerprint density at radius 2 is 1.59 bits per heavy atom. The molecule has 4 aromatic carbocycles. The SMILES string of the molecule is O=C(Nc1ccc2cn[nH]c2c1)C(Cc1ccccc1)NS(=O)(=O)c1ccc2ccccc2c1. The van der Waals surface area contributed by atoms with E-state index in [-0.39, 0.29) is 11.3 Å². The van der Waals surface area contributed by atoms with Crippen LogP contribution < -0.4 is 10.0 Å². The van der Waals surface area contributed by atoms with Gasteiger partial charge in [-0.25, -0.2) is 8.42 Å². The summed E-state index contributed by atoms with van der Waals surface area (Å²) in [6.07, 6.45) is 1.89. The van der Waals surface area contributed by atoms with Gasteiger partial charge in [-0.1, -0.05) is 60.7 Å². The molecule has 3 N–H and O–H groups in total. The molecule has 34 heavy (non-hydrogen) atoms. The van der Waals surface area contributed by atoms with Gasteiger partial charge in [0, 0.05) is 11.1 Å². The molecule has 1 unspecified atom stereocenters. The quantitative estimate of drug-likeness (QED) is 0.331. The van der Waals surface area contributed by atoms with E-state index >= 15 is 0 Å². The van der Waals surface area contributed by atoms with Crippen molar-refractivity contribution in [3.63, 3.8) is 0 Å². The van der Waals surface area contributed by atoms with E-state index in [9.17, 15) is 13.2 Å². The highest BCUT2D eigenvalue weighted by atomic mass is 32.2. The van der Waals surface area contributed by atoms with Crippen LogP contribution in [0.1, 0.15) is 5.56 Å². The second kappa shape index (κ2) is 9.09. The largest absolute Gasteiger partial charge is 0.325 e. The van der Waals surface area contributed by atoms with Gasteiger partial charge < -0.3 is 5.32 Å². The molecule has 0 aliphatic heterocycles. The fourth-order valence-electron chi connectivity index (χ4n) is 3.87. The fourth-order valence-corrected chi connectivity index (χ4v) is 5.10. The van der Waals surface area contributed by atoms with Crippen LogP contribution in [0.25, 0.3) is 21.7 Å². The van der Waals surface area contributed by atoms with Gasteiger partial charge in [-0.2, -0.15) is 9.82 Å². The average Bonchev–Trinajstić information content (AvgIpc) is 3.32. The Labute approximate surface area is 196 Å². The van der Waals surface area contributed by atoms with Gasteiger partial charge in [-0.3, -0.25) is 9.89 Å². The van der Waals surface area contributed by atoms with Gasteiger partial charge in [-0.05, 0) is 53.1 Å². The summed E-state index contributed by atoms with van der Waals surface area (Å²) in [6, 6.07) is 26.1. The molecule has 1 heterocycles. The molecule has 0 saturated carbocycles. The highest BCUT2D eigenvalue weighted by Gasteiger charge is 2.26. The molecule has 0 fully saturated rings. The van der Waals surface area contributed by atoms with E-state index < -0.39 is 22.0 Å². The number of amides is 1. The highest BCUT2D eigenvalue weighted by Crippen LogP contribution is 2.21. The summed E-state index contributed by atoms with van der Waals surface area (Å²) in [4.78, 5) is 13.4. The first kappa shape index (κ1) is 21.8. The maximum absolute atomic E-state index is 13.3. The van der Waals surface area contributed by atoms with E-state index in [0.717, 1.165) is 27.2 Å². The number of nitrogens with zero attached hydrogens (tertiary/aromatic N) is 1. The van der Waals surface area contributed by atoms with Crippen LogP contribution in [-0.4, -0.2) is 30.6 Å². The third kappa shape index (κ3) is 4.68. The number of hydrogen-bond acceptors (Lipinski definition) is 4. The number of carbonyl (C=O) groups is 1. The van der Waals surface area contributed by atoms with E-state index in [0.29, 0.717) is 5.69 Å². The third-order valence-electron chi connectivity index (χ3n) is 5.64.